The highest BCUT2D eigenvalue weighted by atomic mass is 19.1. The average molecular weight is 517 g/mol. The molecule has 1 aliphatic rings. The Labute approximate surface area is 219 Å². The summed E-state index contributed by atoms with van der Waals surface area (Å²) in [5.41, 5.74) is 9.70. The third kappa shape index (κ3) is 5.30. The highest BCUT2D eigenvalue weighted by Crippen LogP contribution is 2.32. The fourth-order valence-electron chi connectivity index (χ4n) is 4.75. The standard InChI is InChI=1S/C28H30FN7O2/c1-3-12-36-13-4-5-18(16-36)17-6-9-22(24(14-17)38-2)33-28-34-26-21(10-11-31-26)27(35-28)32-23-15-19(29)7-8-20(23)25(30)37/h5-11,14-15H,3-4,12-13,16H2,1-2H3,(H2,30,37)(H3,31,32,33,34,35)/p+1. The largest absolute Gasteiger partial charge is 0.493 e. The van der Waals surface area contributed by atoms with Crippen molar-refractivity contribution in [2.45, 2.75) is 19.8 Å². The molecule has 0 saturated carbocycles. The first kappa shape index (κ1) is 25.2. The van der Waals surface area contributed by atoms with Crippen LogP contribution in [0.3, 0.4) is 0 Å². The van der Waals surface area contributed by atoms with Gasteiger partial charge in [0, 0.05) is 19.3 Å². The highest BCUT2D eigenvalue weighted by molar-refractivity contribution is 6.00. The fourth-order valence-corrected chi connectivity index (χ4v) is 4.75. The van der Waals surface area contributed by atoms with Crippen molar-refractivity contribution in [2.24, 2.45) is 5.73 Å². The number of nitrogens with zero attached hydrogens (tertiary/aromatic N) is 2. The number of aromatic nitrogens is 3. The zero-order valence-corrected chi connectivity index (χ0v) is 21.4. The zero-order valence-electron chi connectivity index (χ0n) is 21.4. The number of amides is 1. The van der Waals surface area contributed by atoms with E-state index >= 15 is 0 Å². The number of halogens is 1. The van der Waals surface area contributed by atoms with Crippen LogP contribution in [0.25, 0.3) is 16.6 Å². The minimum Gasteiger partial charge on any atom is -0.493 e. The van der Waals surface area contributed by atoms with Crippen molar-refractivity contribution in [3.05, 3.63) is 71.7 Å². The van der Waals surface area contributed by atoms with Crippen molar-refractivity contribution in [3.8, 4) is 5.75 Å². The van der Waals surface area contributed by atoms with Gasteiger partial charge in [-0.1, -0.05) is 24.1 Å². The lowest BCUT2D eigenvalue weighted by Gasteiger charge is -2.27. The molecular formula is C28H31FN7O2+. The number of aromatic amines is 2. The number of ether oxygens (including phenoxy) is 1. The second-order valence-corrected chi connectivity index (χ2v) is 9.21. The molecular weight excluding hydrogens is 485 g/mol. The van der Waals surface area contributed by atoms with Gasteiger partial charge in [-0.25, -0.2) is 9.37 Å². The van der Waals surface area contributed by atoms with E-state index in [9.17, 15) is 9.18 Å². The summed E-state index contributed by atoms with van der Waals surface area (Å²) in [5.74, 6) is 0.327. The molecule has 0 unspecified atom stereocenters. The van der Waals surface area contributed by atoms with Crippen LogP contribution in [0.5, 0.6) is 5.75 Å². The maximum absolute atomic E-state index is 14.0. The van der Waals surface area contributed by atoms with E-state index in [0.717, 1.165) is 49.1 Å². The first-order chi connectivity index (χ1) is 18.4. The Morgan fingerprint density at radius 1 is 1.21 bits per heavy atom. The van der Waals surface area contributed by atoms with Gasteiger partial charge in [0.15, 0.2) is 5.75 Å². The van der Waals surface area contributed by atoms with E-state index < -0.39 is 11.7 Å². The normalized spacial score (nSPS) is 13.8. The number of anilines is 4. The van der Waals surface area contributed by atoms with Gasteiger partial charge in [0.2, 0.25) is 11.5 Å². The molecule has 0 aliphatic carbocycles. The van der Waals surface area contributed by atoms with Crippen LogP contribution in [0.1, 0.15) is 35.7 Å². The van der Waals surface area contributed by atoms with E-state index in [0.29, 0.717) is 23.2 Å². The number of carbonyl (C=O) groups excluding carboxylic acids is 1. The number of fused-ring (bicyclic) bond motifs is 1. The molecule has 9 nitrogen and oxygen atoms in total. The van der Waals surface area contributed by atoms with E-state index in [1.165, 1.54) is 23.8 Å². The molecule has 2 aromatic carbocycles. The quantitative estimate of drug-likeness (QED) is 0.258. The molecule has 0 atom stereocenters. The van der Waals surface area contributed by atoms with Gasteiger partial charge >= 0.3 is 5.95 Å². The van der Waals surface area contributed by atoms with Gasteiger partial charge in [0.05, 0.1) is 23.7 Å². The molecule has 2 aromatic heterocycles. The number of carbonyl (C=O) groups is 1. The van der Waals surface area contributed by atoms with Gasteiger partial charge in [-0.15, -0.1) is 0 Å². The Bertz CT molecular complexity index is 1510. The molecule has 0 spiro atoms. The predicted octanol–water partition coefficient (Wildman–Crippen LogP) is 4.61. The molecule has 3 heterocycles. The topological polar surface area (TPSA) is 122 Å². The molecule has 38 heavy (non-hydrogen) atoms. The molecule has 1 aliphatic heterocycles. The van der Waals surface area contributed by atoms with Crippen LogP contribution in [-0.2, 0) is 0 Å². The molecule has 4 aromatic rings. The summed E-state index contributed by atoms with van der Waals surface area (Å²) >= 11 is 0. The van der Waals surface area contributed by atoms with Crippen molar-refractivity contribution < 1.29 is 18.9 Å². The minimum atomic E-state index is -0.672. The number of nitrogens with two attached hydrogens (primary N) is 1. The molecule has 1 amide bonds. The number of methoxy groups -OCH3 is 1. The lowest BCUT2D eigenvalue weighted by molar-refractivity contribution is -0.333. The second kappa shape index (κ2) is 10.9. The molecule has 0 radical (unpaired) electrons. The van der Waals surface area contributed by atoms with Gasteiger partial charge in [0.1, 0.15) is 11.5 Å². The van der Waals surface area contributed by atoms with Crippen molar-refractivity contribution in [2.75, 3.05) is 37.4 Å². The fraction of sp³-hybridized carbons (Fsp3) is 0.250. The van der Waals surface area contributed by atoms with E-state index in [4.69, 9.17) is 10.5 Å². The van der Waals surface area contributed by atoms with Gasteiger partial charge < -0.3 is 15.8 Å². The summed E-state index contributed by atoms with van der Waals surface area (Å²) < 4.78 is 19.7. The third-order valence-electron chi connectivity index (χ3n) is 6.56. The van der Waals surface area contributed by atoms with Crippen molar-refractivity contribution in [1.29, 1.82) is 0 Å². The maximum atomic E-state index is 14.0. The van der Waals surface area contributed by atoms with Gasteiger partial charge in [-0.2, -0.15) is 0 Å². The number of rotatable bonds is 9. The number of hydrogen-bond acceptors (Lipinski definition) is 6. The smallest absolute Gasteiger partial charge is 0.351 e. The Hall–Kier alpha value is -4.44. The first-order valence-electron chi connectivity index (χ1n) is 12.6. The first-order valence-corrected chi connectivity index (χ1v) is 12.6. The van der Waals surface area contributed by atoms with Crippen LogP contribution in [0.2, 0.25) is 0 Å². The summed E-state index contributed by atoms with van der Waals surface area (Å²) in [6.45, 7) is 5.30. The van der Waals surface area contributed by atoms with Crippen LogP contribution in [0.15, 0.2) is 54.7 Å². The van der Waals surface area contributed by atoms with E-state index in [1.54, 1.807) is 13.3 Å². The van der Waals surface area contributed by atoms with Crippen LogP contribution in [0.4, 0.5) is 27.5 Å². The Kier molecular flexibility index (Phi) is 7.23. The lowest BCUT2D eigenvalue weighted by atomic mass is 10.00. The maximum Gasteiger partial charge on any atom is 0.351 e. The molecule has 5 rings (SSSR count). The summed E-state index contributed by atoms with van der Waals surface area (Å²) in [5, 5.41) is 7.08. The Morgan fingerprint density at radius 2 is 2.08 bits per heavy atom. The van der Waals surface area contributed by atoms with Crippen LogP contribution >= 0.6 is 0 Å². The Balaban J connectivity index is 1.45. The van der Waals surface area contributed by atoms with E-state index in [1.807, 2.05) is 18.2 Å². The van der Waals surface area contributed by atoms with Gasteiger partial charge in [0.25, 0.3) is 5.91 Å². The lowest BCUT2D eigenvalue weighted by Crippen LogP contribution is -2.30. The number of primary amides is 1. The number of hydrogen-bond donors (Lipinski definition) is 4. The summed E-state index contributed by atoms with van der Waals surface area (Å²) in [6, 6.07) is 11.6. The summed E-state index contributed by atoms with van der Waals surface area (Å²) in [7, 11) is 1.64. The highest BCUT2D eigenvalue weighted by Gasteiger charge is 2.20. The van der Waals surface area contributed by atoms with Gasteiger partial charge in [-0.3, -0.25) is 20.0 Å². The monoisotopic (exact) mass is 516 g/mol. The van der Waals surface area contributed by atoms with Gasteiger partial charge in [-0.05, 0) is 66.9 Å². The zero-order chi connectivity index (χ0) is 26.6. The minimum absolute atomic E-state index is 0.158. The van der Waals surface area contributed by atoms with Crippen molar-refractivity contribution in [1.82, 2.24) is 14.9 Å². The van der Waals surface area contributed by atoms with Crippen LogP contribution < -0.4 is 26.1 Å². The molecule has 0 saturated heterocycles. The van der Waals surface area contributed by atoms with Crippen LogP contribution in [-0.4, -0.2) is 47.5 Å². The SMILES string of the molecule is CCCN1CCC=C(c2ccc(Nc3nc(Nc4cc(F)ccc4C(N)=O)c4cc[nH]c4[nH+]3)c(OC)c2)C1. The number of nitrogens with one attached hydrogen (secondary N) is 4. The van der Waals surface area contributed by atoms with E-state index in [2.05, 4.69) is 49.6 Å². The van der Waals surface area contributed by atoms with Crippen LogP contribution in [0, 0.1) is 5.82 Å². The van der Waals surface area contributed by atoms with Crippen molar-refractivity contribution >= 4 is 45.7 Å². The summed E-state index contributed by atoms with van der Waals surface area (Å²) in [4.78, 5) is 25.4. The molecule has 0 bridgehead atoms. The molecule has 10 heteroatoms. The predicted molar refractivity (Wildman–Crippen MR) is 146 cm³/mol. The van der Waals surface area contributed by atoms with Crippen molar-refractivity contribution in [3.63, 3.8) is 0 Å². The number of benzene rings is 2. The second-order valence-electron chi connectivity index (χ2n) is 9.21. The molecule has 6 N–H and O–H groups in total. The molecule has 196 valence electrons. The van der Waals surface area contributed by atoms with E-state index in [-0.39, 0.29) is 11.3 Å². The molecule has 0 fully saturated rings. The number of H-pyrrole nitrogens is 2. The Morgan fingerprint density at radius 3 is 2.87 bits per heavy atom. The summed E-state index contributed by atoms with van der Waals surface area (Å²) in [6.07, 6.45) is 6.22. The third-order valence-corrected chi connectivity index (χ3v) is 6.56. The average Bonchev–Trinajstić information content (AvgIpc) is 3.38.